The van der Waals surface area contributed by atoms with Crippen molar-refractivity contribution in [1.29, 1.82) is 0 Å². The number of rotatable bonds is 18. The molecule has 1 aromatic heterocycles. The zero-order valence-electron chi connectivity index (χ0n) is 36.2. The van der Waals surface area contributed by atoms with Crippen molar-refractivity contribution in [3.8, 4) is 17.2 Å². The number of nitrogens with zero attached hydrogens (tertiary/aromatic N) is 9. The maximum atomic E-state index is 12.4. The second kappa shape index (κ2) is 21.3. The Morgan fingerprint density at radius 2 is 1.32 bits per heavy atom. The monoisotopic (exact) mass is 991 g/mol. The highest BCUT2D eigenvalue weighted by Crippen LogP contribution is 2.45. The van der Waals surface area contributed by atoms with Crippen molar-refractivity contribution < 1.29 is 52.1 Å². The van der Waals surface area contributed by atoms with Gasteiger partial charge in [-0.25, -0.2) is 10.5 Å². The van der Waals surface area contributed by atoms with E-state index >= 15 is 0 Å². The van der Waals surface area contributed by atoms with Crippen LogP contribution in [0.25, 0.3) is 27.5 Å². The van der Waals surface area contributed by atoms with Crippen LogP contribution in [0.2, 0.25) is 0 Å². The number of nitrogens with two attached hydrogens (primary N) is 1. The van der Waals surface area contributed by atoms with Gasteiger partial charge in [-0.05, 0) is 158 Å². The standard InChI is InChI=1S/C44H37N11O11S3/c1-24-16-30(7-15-35(24)48-51-40-21-38-39(22-42(40)69(59,60)61)54-55(53-38)31-8-12-33(13-9-31)67-65-63-57)47-49-36-17-26(3)37(18-25(36)2)50-52-43-41(68-66-64-58)20-27-19-29(6-14-34(27)44(43)56)46-23-62-32-10-4-28(45)5-11-32/h4-22,46,56-58H,23,45H2,1-3H3,(H,59,60,61). The Bertz CT molecular complexity index is 3400. The van der Waals surface area contributed by atoms with Crippen LogP contribution in [0.5, 0.6) is 11.5 Å². The van der Waals surface area contributed by atoms with E-state index in [1.54, 1.807) is 110 Å². The molecule has 352 valence electrons. The molecule has 22 nitrogen and oxygen atoms in total. The fourth-order valence-corrected chi connectivity index (χ4v) is 8.08. The van der Waals surface area contributed by atoms with E-state index in [-0.39, 0.29) is 34.9 Å². The van der Waals surface area contributed by atoms with Gasteiger partial charge in [0.1, 0.15) is 33.1 Å². The van der Waals surface area contributed by atoms with E-state index in [9.17, 15) is 18.1 Å². The molecule has 0 saturated heterocycles. The van der Waals surface area contributed by atoms with Crippen LogP contribution in [-0.2, 0) is 28.9 Å². The molecule has 0 bridgehead atoms. The maximum absolute atomic E-state index is 12.4. The molecule has 0 aliphatic heterocycles. The van der Waals surface area contributed by atoms with Crippen molar-refractivity contribution in [3.05, 3.63) is 132 Å². The first-order valence-electron chi connectivity index (χ1n) is 20.0. The molecule has 0 saturated carbocycles. The first-order valence-corrected chi connectivity index (χ1v) is 23.0. The quantitative estimate of drug-likeness (QED) is 0.00885. The van der Waals surface area contributed by atoms with Crippen molar-refractivity contribution in [2.24, 2.45) is 30.7 Å². The molecule has 0 amide bonds. The minimum absolute atomic E-state index is 0.0719. The molecule has 0 atom stereocenters. The van der Waals surface area contributed by atoms with Gasteiger partial charge in [0.05, 0.1) is 57.4 Å². The highest BCUT2D eigenvalue weighted by atomic mass is 32.2. The van der Waals surface area contributed by atoms with Crippen molar-refractivity contribution in [2.45, 2.75) is 35.5 Å². The van der Waals surface area contributed by atoms with Crippen molar-refractivity contribution in [3.63, 3.8) is 0 Å². The number of hydrogen-bond donors (Lipinski definition) is 6. The number of nitrogens with one attached hydrogen (secondary N) is 1. The van der Waals surface area contributed by atoms with Gasteiger partial charge in [0.25, 0.3) is 10.1 Å². The molecule has 7 N–H and O–H groups in total. The average molecular weight is 992 g/mol. The van der Waals surface area contributed by atoms with Gasteiger partial charge in [0, 0.05) is 21.7 Å². The third kappa shape index (κ3) is 11.6. The number of aryl methyl sites for hydroxylation is 3. The lowest BCUT2D eigenvalue weighted by atomic mass is 10.1. The number of ether oxygens (including phenoxy) is 1. The summed E-state index contributed by atoms with van der Waals surface area (Å²) in [6.07, 6.45) is 0. The normalized spacial score (nSPS) is 12.1. The predicted octanol–water partition coefficient (Wildman–Crippen LogP) is 12.6. The van der Waals surface area contributed by atoms with E-state index in [4.69, 9.17) is 25.3 Å². The summed E-state index contributed by atoms with van der Waals surface area (Å²) >= 11 is 1.40. The molecule has 25 heteroatoms. The summed E-state index contributed by atoms with van der Waals surface area (Å²) in [4.78, 5) is 1.66. The van der Waals surface area contributed by atoms with Gasteiger partial charge in [-0.1, -0.05) is 10.1 Å². The highest BCUT2D eigenvalue weighted by molar-refractivity contribution is 7.95. The minimum atomic E-state index is -4.75. The third-order valence-electron chi connectivity index (χ3n) is 10.1. The molecule has 1 heterocycles. The minimum Gasteiger partial charge on any atom is -0.505 e. The Morgan fingerprint density at radius 1 is 0.681 bits per heavy atom. The highest BCUT2D eigenvalue weighted by Gasteiger charge is 2.20. The number of azo groups is 3. The number of fused-ring (bicyclic) bond motifs is 2. The van der Waals surface area contributed by atoms with Crippen molar-refractivity contribution >= 4 is 102 Å². The van der Waals surface area contributed by atoms with Crippen molar-refractivity contribution in [2.75, 3.05) is 17.8 Å². The number of aromatic nitrogens is 3. The topological polar surface area (TPSA) is 304 Å². The Kier molecular flexibility index (Phi) is 14.8. The third-order valence-corrected chi connectivity index (χ3v) is 12.2. The van der Waals surface area contributed by atoms with Crippen molar-refractivity contribution in [1.82, 2.24) is 15.0 Å². The van der Waals surface area contributed by atoms with Gasteiger partial charge in [0.2, 0.25) is 0 Å². The van der Waals surface area contributed by atoms with E-state index in [1.807, 2.05) is 13.8 Å². The molecule has 7 aromatic carbocycles. The van der Waals surface area contributed by atoms with Crippen LogP contribution < -0.4 is 15.8 Å². The largest absolute Gasteiger partial charge is 0.505 e. The first kappa shape index (κ1) is 48.0. The molecule has 0 spiro atoms. The molecule has 0 radical (unpaired) electrons. The number of phenolic OH excluding ortho intramolecular Hbond substituents is 1. The molecule has 8 aromatic rings. The van der Waals surface area contributed by atoms with Gasteiger partial charge in [0.15, 0.2) is 12.5 Å². The lowest BCUT2D eigenvalue weighted by molar-refractivity contribution is -0.432. The van der Waals surface area contributed by atoms with Crippen LogP contribution >= 0.6 is 24.1 Å². The Balaban J connectivity index is 0.968. The number of benzene rings is 7. The van der Waals surface area contributed by atoms with Crippen LogP contribution in [0.4, 0.5) is 45.5 Å². The summed E-state index contributed by atoms with van der Waals surface area (Å²) in [5.41, 5.74) is 11.9. The molecule has 0 aliphatic carbocycles. The predicted molar refractivity (Wildman–Crippen MR) is 255 cm³/mol. The van der Waals surface area contributed by atoms with E-state index < -0.39 is 15.0 Å². The summed E-state index contributed by atoms with van der Waals surface area (Å²) in [5, 5.41) is 75.3. The van der Waals surface area contributed by atoms with Gasteiger partial charge >= 0.3 is 0 Å². The number of anilines is 2. The van der Waals surface area contributed by atoms with E-state index in [2.05, 4.69) is 60.6 Å². The fourth-order valence-electron chi connectivity index (χ4n) is 6.60. The van der Waals surface area contributed by atoms with E-state index in [1.165, 1.54) is 10.9 Å². The fraction of sp³-hybridized carbons (Fsp3) is 0.0909. The first-order chi connectivity index (χ1) is 33.3. The SMILES string of the molecule is Cc1cc(N=Nc2c(SOOO)cc3cc(NCOc4ccc(N)cc4)ccc3c2O)c(C)cc1N=Nc1ccc(N=Nc2cc3nn(-c4ccc(SOOO)cc4)nc3cc2S(=O)(=O)O)c(C)c1. The van der Waals surface area contributed by atoms with Gasteiger partial charge < -0.3 is 20.9 Å². The Hall–Kier alpha value is -7.43. The Morgan fingerprint density at radius 3 is 2.00 bits per heavy atom. The number of aromatic hydroxyl groups is 1. The zero-order valence-corrected chi connectivity index (χ0v) is 38.6. The molecule has 69 heavy (non-hydrogen) atoms. The van der Waals surface area contributed by atoms with Crippen LogP contribution in [0.3, 0.4) is 0 Å². The number of hydrogen-bond acceptors (Lipinski definition) is 22. The van der Waals surface area contributed by atoms with Crippen LogP contribution in [0, 0.1) is 20.8 Å². The van der Waals surface area contributed by atoms with Crippen LogP contribution in [0.15, 0.2) is 161 Å². The number of nitrogen functional groups attached to an aromatic ring is 1. The molecular formula is C44H37N11O11S3. The molecule has 8 rings (SSSR count). The summed E-state index contributed by atoms with van der Waals surface area (Å²) in [6.45, 7) is 5.58. The zero-order chi connectivity index (χ0) is 48.7. The molecule has 0 aliphatic rings. The summed E-state index contributed by atoms with van der Waals surface area (Å²) < 4.78 is 49.8. The van der Waals surface area contributed by atoms with E-state index in [0.717, 1.165) is 23.7 Å². The second-order valence-electron chi connectivity index (χ2n) is 14.8. The van der Waals surface area contributed by atoms with Gasteiger partial charge in [-0.15, -0.1) is 29.1 Å². The molecule has 0 fully saturated rings. The molecular weight excluding hydrogens is 955 g/mol. The van der Waals surface area contributed by atoms with Gasteiger partial charge in [-0.3, -0.25) is 4.55 Å². The lowest BCUT2D eigenvalue weighted by Crippen LogP contribution is -2.08. The average Bonchev–Trinajstić information content (AvgIpc) is 3.76. The van der Waals surface area contributed by atoms with E-state index in [0.29, 0.717) is 89.3 Å². The summed E-state index contributed by atoms with van der Waals surface area (Å²) in [6, 6.07) is 31.7. The lowest BCUT2D eigenvalue weighted by Gasteiger charge is -2.12. The summed E-state index contributed by atoms with van der Waals surface area (Å²) in [7, 11) is -4.75. The molecule has 0 unspecified atom stereocenters. The maximum Gasteiger partial charge on any atom is 0.296 e. The van der Waals surface area contributed by atoms with Gasteiger partial charge in [-0.2, -0.15) is 33.7 Å². The summed E-state index contributed by atoms with van der Waals surface area (Å²) in [5.74, 6) is 0.459. The number of phenols is 1. The Labute approximate surface area is 400 Å². The van der Waals surface area contributed by atoms with Crippen LogP contribution in [0.1, 0.15) is 16.7 Å². The smallest absolute Gasteiger partial charge is 0.296 e. The second-order valence-corrected chi connectivity index (χ2v) is 17.7. The van der Waals surface area contributed by atoms with Crippen LogP contribution in [-0.4, -0.2) is 50.3 Å².